The molecule has 0 aliphatic heterocycles. The van der Waals surface area contributed by atoms with Crippen LogP contribution < -0.4 is 10.6 Å². The summed E-state index contributed by atoms with van der Waals surface area (Å²) in [6.45, 7) is 0.399. The van der Waals surface area contributed by atoms with Crippen molar-refractivity contribution in [1.82, 2.24) is 5.32 Å². The maximum Gasteiger partial charge on any atom is 0.335 e. The van der Waals surface area contributed by atoms with Crippen LogP contribution in [-0.2, 0) is 6.54 Å². The Bertz CT molecular complexity index is 720. The van der Waals surface area contributed by atoms with Crippen LogP contribution in [0.2, 0.25) is 0 Å². The summed E-state index contributed by atoms with van der Waals surface area (Å²) in [5, 5.41) is 23.1. The molecule has 22 heavy (non-hydrogen) atoms. The van der Waals surface area contributed by atoms with Crippen LogP contribution in [0.3, 0.4) is 0 Å². The number of anilines is 1. The molecule has 2 aromatic carbocycles. The van der Waals surface area contributed by atoms with E-state index in [9.17, 15) is 4.79 Å². The Labute approximate surface area is 127 Å². The number of nitriles is 1. The van der Waals surface area contributed by atoms with Crippen molar-refractivity contribution in [2.75, 3.05) is 5.32 Å². The first kappa shape index (κ1) is 15.1. The highest BCUT2D eigenvalue weighted by molar-refractivity contribution is 5.96. The average molecular weight is 294 g/mol. The van der Waals surface area contributed by atoms with Gasteiger partial charge in [0, 0.05) is 5.69 Å². The second kappa shape index (κ2) is 7.45. The van der Waals surface area contributed by atoms with Gasteiger partial charge in [-0.2, -0.15) is 5.26 Å². The van der Waals surface area contributed by atoms with Crippen molar-refractivity contribution in [2.24, 2.45) is 4.99 Å². The number of nitrogens with zero attached hydrogens (tertiary/aromatic N) is 2. The van der Waals surface area contributed by atoms with Gasteiger partial charge in [0.2, 0.25) is 5.96 Å². The van der Waals surface area contributed by atoms with E-state index in [0.717, 1.165) is 5.56 Å². The van der Waals surface area contributed by atoms with Crippen molar-refractivity contribution >= 4 is 17.6 Å². The van der Waals surface area contributed by atoms with Gasteiger partial charge < -0.3 is 10.4 Å². The highest BCUT2D eigenvalue weighted by Gasteiger charge is 2.05. The Balaban J connectivity index is 2.13. The van der Waals surface area contributed by atoms with Crippen LogP contribution in [-0.4, -0.2) is 17.0 Å². The molecule has 110 valence electrons. The number of aromatic carboxylic acids is 1. The monoisotopic (exact) mass is 294 g/mol. The third-order valence-corrected chi connectivity index (χ3v) is 2.81. The Morgan fingerprint density at radius 1 is 1.18 bits per heavy atom. The molecule has 0 aromatic heterocycles. The topological polar surface area (TPSA) is 97.5 Å². The van der Waals surface area contributed by atoms with Crippen molar-refractivity contribution in [3.05, 3.63) is 65.7 Å². The van der Waals surface area contributed by atoms with Crippen molar-refractivity contribution in [3.8, 4) is 6.19 Å². The lowest BCUT2D eigenvalue weighted by Gasteiger charge is -2.08. The zero-order chi connectivity index (χ0) is 15.8. The number of aliphatic imine (C=N–C) groups is 1. The predicted octanol–water partition coefficient (Wildman–Crippen LogP) is 2.42. The summed E-state index contributed by atoms with van der Waals surface area (Å²) in [4.78, 5) is 15.2. The van der Waals surface area contributed by atoms with Gasteiger partial charge in [0.15, 0.2) is 6.19 Å². The SMILES string of the molecule is N#CNC(=NCc1ccccc1)Nc1cccc(C(=O)O)c1. The molecule has 0 aliphatic carbocycles. The van der Waals surface area contributed by atoms with E-state index in [1.165, 1.54) is 12.1 Å². The molecule has 0 unspecified atom stereocenters. The molecule has 0 heterocycles. The van der Waals surface area contributed by atoms with E-state index in [0.29, 0.717) is 12.2 Å². The first-order chi connectivity index (χ1) is 10.7. The average Bonchev–Trinajstić information content (AvgIpc) is 2.54. The number of benzene rings is 2. The molecular formula is C16H14N4O2. The molecular weight excluding hydrogens is 280 g/mol. The molecule has 0 aliphatic rings. The fourth-order valence-electron chi connectivity index (χ4n) is 1.78. The Hall–Kier alpha value is -3.33. The summed E-state index contributed by atoms with van der Waals surface area (Å²) in [6, 6.07) is 15.9. The molecule has 0 amide bonds. The van der Waals surface area contributed by atoms with Gasteiger partial charge in [-0.15, -0.1) is 0 Å². The zero-order valence-electron chi connectivity index (χ0n) is 11.7. The molecule has 0 fully saturated rings. The number of nitrogens with one attached hydrogen (secondary N) is 2. The van der Waals surface area contributed by atoms with Gasteiger partial charge in [-0.3, -0.25) is 5.32 Å². The van der Waals surface area contributed by atoms with Gasteiger partial charge in [0.05, 0.1) is 12.1 Å². The Kier molecular flexibility index (Phi) is 5.10. The van der Waals surface area contributed by atoms with Crippen molar-refractivity contribution < 1.29 is 9.90 Å². The second-order valence-corrected chi connectivity index (χ2v) is 4.40. The summed E-state index contributed by atoms with van der Waals surface area (Å²) in [7, 11) is 0. The summed E-state index contributed by atoms with van der Waals surface area (Å²) in [5.41, 5.74) is 1.69. The van der Waals surface area contributed by atoms with E-state index in [2.05, 4.69) is 15.6 Å². The minimum absolute atomic E-state index is 0.157. The van der Waals surface area contributed by atoms with E-state index in [1.807, 2.05) is 30.3 Å². The van der Waals surface area contributed by atoms with E-state index in [-0.39, 0.29) is 11.5 Å². The highest BCUT2D eigenvalue weighted by atomic mass is 16.4. The Morgan fingerprint density at radius 3 is 2.64 bits per heavy atom. The number of hydrogen-bond donors (Lipinski definition) is 3. The Morgan fingerprint density at radius 2 is 1.95 bits per heavy atom. The van der Waals surface area contributed by atoms with E-state index in [1.54, 1.807) is 18.3 Å². The molecule has 0 radical (unpaired) electrons. The maximum atomic E-state index is 10.9. The molecule has 6 heteroatoms. The van der Waals surface area contributed by atoms with Gasteiger partial charge in [-0.1, -0.05) is 36.4 Å². The van der Waals surface area contributed by atoms with Crippen molar-refractivity contribution in [1.29, 1.82) is 5.26 Å². The number of rotatable bonds is 4. The molecule has 0 bridgehead atoms. The number of carbonyl (C=O) groups is 1. The van der Waals surface area contributed by atoms with Crippen LogP contribution >= 0.6 is 0 Å². The highest BCUT2D eigenvalue weighted by Crippen LogP contribution is 2.10. The van der Waals surface area contributed by atoms with Crippen LogP contribution in [0.1, 0.15) is 15.9 Å². The summed E-state index contributed by atoms with van der Waals surface area (Å²) >= 11 is 0. The van der Waals surface area contributed by atoms with Gasteiger partial charge in [0.25, 0.3) is 0 Å². The third kappa shape index (κ3) is 4.35. The van der Waals surface area contributed by atoms with Crippen LogP contribution in [0.4, 0.5) is 5.69 Å². The van der Waals surface area contributed by atoms with Crippen LogP contribution in [0, 0.1) is 11.5 Å². The largest absolute Gasteiger partial charge is 0.478 e. The summed E-state index contributed by atoms with van der Waals surface area (Å²) < 4.78 is 0. The van der Waals surface area contributed by atoms with Crippen molar-refractivity contribution in [3.63, 3.8) is 0 Å². The fourth-order valence-corrected chi connectivity index (χ4v) is 1.78. The van der Waals surface area contributed by atoms with Crippen LogP contribution in [0.15, 0.2) is 59.6 Å². The number of hydrogen-bond acceptors (Lipinski definition) is 3. The lowest BCUT2D eigenvalue weighted by Crippen LogP contribution is -2.27. The lowest BCUT2D eigenvalue weighted by atomic mass is 10.2. The molecule has 6 nitrogen and oxygen atoms in total. The summed E-state index contributed by atoms with van der Waals surface area (Å²) in [5.74, 6) is -0.756. The van der Waals surface area contributed by atoms with Gasteiger partial charge in [-0.05, 0) is 23.8 Å². The minimum atomic E-state index is -1.01. The molecule has 0 saturated carbocycles. The number of carboxylic acid groups (broad SMARTS) is 1. The van der Waals surface area contributed by atoms with E-state index >= 15 is 0 Å². The number of guanidine groups is 1. The number of carboxylic acids is 1. The summed E-state index contributed by atoms with van der Waals surface area (Å²) in [6.07, 6.45) is 1.80. The molecule has 2 aromatic rings. The fraction of sp³-hybridized carbons (Fsp3) is 0.0625. The minimum Gasteiger partial charge on any atom is -0.478 e. The predicted molar refractivity (Wildman–Crippen MR) is 83.4 cm³/mol. The van der Waals surface area contributed by atoms with Gasteiger partial charge >= 0.3 is 5.97 Å². The lowest BCUT2D eigenvalue weighted by molar-refractivity contribution is 0.0697. The molecule has 3 N–H and O–H groups in total. The van der Waals surface area contributed by atoms with E-state index in [4.69, 9.17) is 10.4 Å². The molecule has 0 spiro atoms. The normalized spacial score (nSPS) is 10.6. The van der Waals surface area contributed by atoms with Gasteiger partial charge in [-0.25, -0.2) is 9.79 Å². The third-order valence-electron chi connectivity index (χ3n) is 2.81. The first-order valence-corrected chi connectivity index (χ1v) is 6.53. The zero-order valence-corrected chi connectivity index (χ0v) is 11.7. The van der Waals surface area contributed by atoms with Crippen LogP contribution in [0.25, 0.3) is 0 Å². The van der Waals surface area contributed by atoms with Gasteiger partial charge in [0.1, 0.15) is 0 Å². The molecule has 2 rings (SSSR count). The maximum absolute atomic E-state index is 10.9. The van der Waals surface area contributed by atoms with Crippen LogP contribution in [0.5, 0.6) is 0 Å². The van der Waals surface area contributed by atoms with E-state index < -0.39 is 5.97 Å². The first-order valence-electron chi connectivity index (χ1n) is 6.53. The molecule has 0 saturated heterocycles. The smallest absolute Gasteiger partial charge is 0.335 e. The molecule has 0 atom stereocenters. The quantitative estimate of drug-likeness (QED) is 0.348. The standard InChI is InChI=1S/C16H14N4O2/c17-11-19-16(18-10-12-5-2-1-3-6-12)20-14-8-4-7-13(9-14)15(21)22/h1-9H,10H2,(H,21,22)(H2,18,19,20). The van der Waals surface area contributed by atoms with Crippen molar-refractivity contribution in [2.45, 2.75) is 6.54 Å². The second-order valence-electron chi connectivity index (χ2n) is 4.40.